The quantitative estimate of drug-likeness (QED) is 0.295. The van der Waals surface area contributed by atoms with Crippen LogP contribution in [0.4, 0.5) is 0 Å². The third-order valence-corrected chi connectivity index (χ3v) is 4.42. The van der Waals surface area contributed by atoms with Crippen LogP contribution in [0.1, 0.15) is 18.4 Å². The molecule has 0 aromatic heterocycles. The molecule has 1 heterocycles. The molecule has 28 heavy (non-hydrogen) atoms. The fraction of sp³-hybridized carbons (Fsp3) is 0.600. The number of aliphatic imine (C=N–C) groups is 1. The van der Waals surface area contributed by atoms with Gasteiger partial charge in [-0.3, -0.25) is 9.79 Å². The lowest BCUT2D eigenvalue weighted by atomic mass is 10.1. The van der Waals surface area contributed by atoms with Crippen LogP contribution in [-0.2, 0) is 20.8 Å². The number of hydrogen-bond acceptors (Lipinski definition) is 5. The zero-order valence-electron chi connectivity index (χ0n) is 16.8. The molecule has 8 heteroatoms. The molecule has 1 aromatic rings. The Hall–Kier alpha value is -2.32. The average Bonchev–Trinajstić information content (AvgIpc) is 3.25. The van der Waals surface area contributed by atoms with Crippen molar-refractivity contribution in [3.8, 4) is 5.75 Å². The fourth-order valence-corrected chi connectivity index (χ4v) is 2.74. The lowest BCUT2D eigenvalue weighted by Gasteiger charge is -2.13. The predicted molar refractivity (Wildman–Crippen MR) is 109 cm³/mol. The Balaban J connectivity index is 1.52. The molecule has 1 unspecified atom stereocenters. The van der Waals surface area contributed by atoms with Gasteiger partial charge < -0.3 is 30.2 Å². The lowest BCUT2D eigenvalue weighted by Crippen LogP contribution is -2.43. The number of benzene rings is 1. The molecule has 1 amide bonds. The van der Waals surface area contributed by atoms with Crippen molar-refractivity contribution >= 4 is 11.9 Å². The third kappa shape index (κ3) is 8.58. The first-order valence-corrected chi connectivity index (χ1v) is 9.71. The van der Waals surface area contributed by atoms with E-state index in [1.54, 1.807) is 14.2 Å². The predicted octanol–water partition coefficient (Wildman–Crippen LogP) is 0.920. The zero-order valence-corrected chi connectivity index (χ0v) is 16.8. The summed E-state index contributed by atoms with van der Waals surface area (Å²) in [6.07, 6.45) is 1.97. The summed E-state index contributed by atoms with van der Waals surface area (Å²) in [4.78, 5) is 16.1. The molecular formula is C20H32N4O4. The summed E-state index contributed by atoms with van der Waals surface area (Å²) in [5.41, 5.74) is 1.01. The highest BCUT2D eigenvalue weighted by atomic mass is 16.5. The van der Waals surface area contributed by atoms with Gasteiger partial charge in [0.1, 0.15) is 5.75 Å². The molecule has 1 fully saturated rings. The summed E-state index contributed by atoms with van der Waals surface area (Å²) in [6.45, 7) is 4.49. The second-order valence-corrected chi connectivity index (χ2v) is 6.64. The van der Waals surface area contributed by atoms with Crippen molar-refractivity contribution in [3.05, 3.63) is 29.8 Å². The van der Waals surface area contributed by atoms with Crippen LogP contribution < -0.4 is 20.7 Å². The van der Waals surface area contributed by atoms with Gasteiger partial charge in [-0.05, 0) is 30.5 Å². The molecule has 156 valence electrons. The largest absolute Gasteiger partial charge is 0.497 e. The van der Waals surface area contributed by atoms with E-state index in [-0.39, 0.29) is 12.5 Å². The monoisotopic (exact) mass is 392 g/mol. The maximum absolute atomic E-state index is 12.0. The van der Waals surface area contributed by atoms with Gasteiger partial charge in [0.2, 0.25) is 5.91 Å². The molecular weight excluding hydrogens is 360 g/mol. The topological polar surface area (TPSA) is 93.2 Å². The van der Waals surface area contributed by atoms with E-state index in [9.17, 15) is 4.79 Å². The zero-order chi connectivity index (χ0) is 20.0. The molecule has 1 aliphatic rings. The number of carbonyl (C=O) groups excluding carboxylic acids is 1. The minimum Gasteiger partial charge on any atom is -0.497 e. The number of nitrogens with zero attached hydrogens (tertiary/aromatic N) is 1. The Morgan fingerprint density at radius 2 is 2.07 bits per heavy atom. The van der Waals surface area contributed by atoms with Gasteiger partial charge in [-0.2, -0.15) is 0 Å². The van der Waals surface area contributed by atoms with Crippen LogP contribution in [0, 0.1) is 5.92 Å². The van der Waals surface area contributed by atoms with Gasteiger partial charge in [-0.25, -0.2) is 0 Å². The van der Waals surface area contributed by atoms with Gasteiger partial charge in [0.15, 0.2) is 5.96 Å². The van der Waals surface area contributed by atoms with Crippen molar-refractivity contribution in [2.45, 2.75) is 19.4 Å². The number of carbonyl (C=O) groups is 1. The molecule has 1 saturated heterocycles. The summed E-state index contributed by atoms with van der Waals surface area (Å²) >= 11 is 0. The van der Waals surface area contributed by atoms with E-state index in [2.05, 4.69) is 20.9 Å². The van der Waals surface area contributed by atoms with Crippen LogP contribution in [0.2, 0.25) is 0 Å². The number of guanidine groups is 1. The van der Waals surface area contributed by atoms with Crippen molar-refractivity contribution in [1.29, 1.82) is 0 Å². The second kappa shape index (κ2) is 13.0. The van der Waals surface area contributed by atoms with Crippen molar-refractivity contribution < 1.29 is 19.0 Å². The molecule has 0 aliphatic carbocycles. The smallest absolute Gasteiger partial charge is 0.239 e. The summed E-state index contributed by atoms with van der Waals surface area (Å²) in [5.74, 6) is 1.84. The van der Waals surface area contributed by atoms with Gasteiger partial charge in [-0.15, -0.1) is 0 Å². The van der Waals surface area contributed by atoms with Gasteiger partial charge >= 0.3 is 0 Å². The fourth-order valence-electron chi connectivity index (χ4n) is 2.74. The van der Waals surface area contributed by atoms with Gasteiger partial charge in [0, 0.05) is 39.3 Å². The maximum atomic E-state index is 12.0. The standard InChI is InChI=1S/C20H32N4O4/c1-21-20(22-9-3-10-27-14-17-8-11-28-15-17)24-13-19(25)23-12-16-4-6-18(26-2)7-5-16/h4-7,17H,3,8-15H2,1-2H3,(H,23,25)(H2,21,22,24). The first-order valence-electron chi connectivity index (χ1n) is 9.71. The Morgan fingerprint density at radius 1 is 1.25 bits per heavy atom. The molecule has 8 nitrogen and oxygen atoms in total. The van der Waals surface area contributed by atoms with Crippen LogP contribution >= 0.6 is 0 Å². The minimum atomic E-state index is -0.0964. The highest BCUT2D eigenvalue weighted by Gasteiger charge is 2.15. The van der Waals surface area contributed by atoms with Gasteiger partial charge in [0.25, 0.3) is 0 Å². The molecule has 2 rings (SSSR count). The minimum absolute atomic E-state index is 0.0964. The summed E-state index contributed by atoms with van der Waals surface area (Å²) < 4.78 is 16.1. The van der Waals surface area contributed by atoms with E-state index in [1.165, 1.54) is 0 Å². The maximum Gasteiger partial charge on any atom is 0.239 e. The summed E-state index contributed by atoms with van der Waals surface area (Å²) in [6, 6.07) is 7.59. The van der Waals surface area contributed by atoms with Gasteiger partial charge in [0.05, 0.1) is 26.9 Å². The van der Waals surface area contributed by atoms with Crippen LogP contribution in [0.25, 0.3) is 0 Å². The molecule has 1 aliphatic heterocycles. The van der Waals surface area contributed by atoms with E-state index in [4.69, 9.17) is 14.2 Å². The van der Waals surface area contributed by atoms with Crippen LogP contribution in [0.15, 0.2) is 29.3 Å². The number of nitrogens with one attached hydrogen (secondary N) is 3. The summed E-state index contributed by atoms with van der Waals surface area (Å²) in [5, 5.41) is 9.06. The Morgan fingerprint density at radius 3 is 2.75 bits per heavy atom. The van der Waals surface area contributed by atoms with E-state index in [1.807, 2.05) is 24.3 Å². The van der Waals surface area contributed by atoms with Crippen molar-refractivity contribution in [3.63, 3.8) is 0 Å². The molecule has 0 bridgehead atoms. The molecule has 1 aromatic carbocycles. The highest BCUT2D eigenvalue weighted by molar-refractivity contribution is 5.86. The van der Waals surface area contributed by atoms with Gasteiger partial charge in [-0.1, -0.05) is 12.1 Å². The number of ether oxygens (including phenoxy) is 3. The molecule has 0 spiro atoms. The van der Waals surface area contributed by atoms with Crippen molar-refractivity contribution in [1.82, 2.24) is 16.0 Å². The van der Waals surface area contributed by atoms with Crippen molar-refractivity contribution in [2.75, 3.05) is 53.7 Å². The lowest BCUT2D eigenvalue weighted by molar-refractivity contribution is -0.120. The average molecular weight is 393 g/mol. The third-order valence-electron chi connectivity index (χ3n) is 4.42. The van der Waals surface area contributed by atoms with Crippen molar-refractivity contribution in [2.24, 2.45) is 10.9 Å². The van der Waals surface area contributed by atoms with Crippen LogP contribution in [0.3, 0.4) is 0 Å². The Labute approximate surface area is 167 Å². The summed E-state index contributed by atoms with van der Waals surface area (Å²) in [7, 11) is 3.31. The van der Waals surface area contributed by atoms with E-state index in [0.717, 1.165) is 50.5 Å². The van der Waals surface area contributed by atoms with Crippen LogP contribution in [-0.4, -0.2) is 65.5 Å². The number of amides is 1. The Kier molecular flexibility index (Phi) is 10.2. The normalized spacial score (nSPS) is 16.6. The van der Waals surface area contributed by atoms with E-state index >= 15 is 0 Å². The second-order valence-electron chi connectivity index (χ2n) is 6.64. The Bertz CT molecular complexity index is 601. The molecule has 3 N–H and O–H groups in total. The van der Waals surface area contributed by atoms with Crippen LogP contribution in [0.5, 0.6) is 5.75 Å². The first kappa shape index (κ1) is 22.0. The number of hydrogen-bond donors (Lipinski definition) is 3. The molecule has 0 radical (unpaired) electrons. The number of methoxy groups -OCH3 is 1. The van der Waals surface area contributed by atoms with E-state index < -0.39 is 0 Å². The highest BCUT2D eigenvalue weighted by Crippen LogP contribution is 2.12. The molecule has 0 saturated carbocycles. The first-order chi connectivity index (χ1) is 13.7. The molecule has 1 atom stereocenters. The van der Waals surface area contributed by atoms with E-state index in [0.29, 0.717) is 25.0 Å². The SMILES string of the molecule is CN=C(NCCCOCC1CCOC1)NCC(=O)NCc1ccc(OC)cc1. The number of rotatable bonds is 11.